The van der Waals surface area contributed by atoms with E-state index in [-0.39, 0.29) is 15.0 Å². The maximum absolute atomic E-state index is 12.4. The van der Waals surface area contributed by atoms with Crippen molar-refractivity contribution >= 4 is 38.3 Å². The SMILES string of the molecule is Cc1ccccc1OCCCOc1ccc(/C=C(/C#N)C(=O)Nc2nnc(S(C)(=O)=O)s2)cc1. The van der Waals surface area contributed by atoms with Gasteiger partial charge in [0.05, 0.1) is 13.2 Å². The summed E-state index contributed by atoms with van der Waals surface area (Å²) in [6.45, 7) is 3.01. The molecule has 0 aliphatic carbocycles. The quantitative estimate of drug-likeness (QED) is 0.194. The molecule has 0 saturated heterocycles. The fourth-order valence-electron chi connectivity index (χ4n) is 2.70. The number of amides is 1. The van der Waals surface area contributed by atoms with Crippen molar-refractivity contribution in [1.82, 2.24) is 10.2 Å². The van der Waals surface area contributed by atoms with Gasteiger partial charge in [-0.25, -0.2) is 8.42 Å². The molecule has 1 heterocycles. The average Bonchev–Trinajstić information content (AvgIpc) is 3.28. The Morgan fingerprint density at radius 1 is 1.12 bits per heavy atom. The Balaban J connectivity index is 1.51. The van der Waals surface area contributed by atoms with Crippen molar-refractivity contribution in [2.75, 3.05) is 24.8 Å². The summed E-state index contributed by atoms with van der Waals surface area (Å²) in [7, 11) is -3.53. The van der Waals surface area contributed by atoms with Crippen molar-refractivity contribution in [3.05, 3.63) is 65.2 Å². The van der Waals surface area contributed by atoms with Crippen LogP contribution in [0.2, 0.25) is 0 Å². The summed E-state index contributed by atoms with van der Waals surface area (Å²) in [4.78, 5) is 12.4. The lowest BCUT2D eigenvalue weighted by molar-refractivity contribution is -0.112. The minimum Gasteiger partial charge on any atom is -0.493 e. The highest BCUT2D eigenvalue weighted by Gasteiger charge is 2.17. The number of nitrogens with zero attached hydrogens (tertiary/aromatic N) is 3. The molecule has 0 spiro atoms. The summed E-state index contributed by atoms with van der Waals surface area (Å²) in [5.41, 5.74) is 1.54. The van der Waals surface area contributed by atoms with Crippen LogP contribution < -0.4 is 14.8 Å². The van der Waals surface area contributed by atoms with Crippen molar-refractivity contribution in [3.8, 4) is 17.6 Å². The van der Waals surface area contributed by atoms with E-state index in [0.29, 0.717) is 42.3 Å². The van der Waals surface area contributed by atoms with E-state index in [2.05, 4.69) is 15.5 Å². The van der Waals surface area contributed by atoms with E-state index in [1.165, 1.54) is 6.08 Å². The molecule has 1 aromatic heterocycles. The number of nitriles is 1. The lowest BCUT2D eigenvalue weighted by Crippen LogP contribution is -2.13. The number of aromatic nitrogens is 2. The van der Waals surface area contributed by atoms with Crippen molar-refractivity contribution in [2.24, 2.45) is 0 Å². The zero-order chi connectivity index (χ0) is 24.6. The third kappa shape index (κ3) is 7.13. The Bertz CT molecular complexity index is 1330. The van der Waals surface area contributed by atoms with Crippen LogP contribution in [-0.2, 0) is 14.6 Å². The molecule has 176 valence electrons. The van der Waals surface area contributed by atoms with Crippen LogP contribution >= 0.6 is 11.3 Å². The predicted octanol–water partition coefficient (Wildman–Crippen LogP) is 3.64. The first-order chi connectivity index (χ1) is 16.3. The van der Waals surface area contributed by atoms with Gasteiger partial charge in [-0.15, -0.1) is 10.2 Å². The smallest absolute Gasteiger partial charge is 0.268 e. The molecule has 1 amide bonds. The van der Waals surface area contributed by atoms with Gasteiger partial charge < -0.3 is 9.47 Å². The van der Waals surface area contributed by atoms with E-state index in [0.717, 1.165) is 17.6 Å². The minimum atomic E-state index is -3.53. The number of sulfone groups is 1. The van der Waals surface area contributed by atoms with Crippen molar-refractivity contribution < 1.29 is 22.7 Å². The van der Waals surface area contributed by atoms with E-state index < -0.39 is 15.7 Å². The van der Waals surface area contributed by atoms with Gasteiger partial charge >= 0.3 is 0 Å². The first kappa shape index (κ1) is 24.9. The van der Waals surface area contributed by atoms with Crippen LogP contribution in [0, 0.1) is 18.3 Å². The van der Waals surface area contributed by atoms with Crippen LogP contribution in [0.1, 0.15) is 17.5 Å². The molecule has 0 unspecified atom stereocenters. The molecule has 2 aromatic carbocycles. The molecule has 3 rings (SSSR count). The Morgan fingerprint density at radius 3 is 2.47 bits per heavy atom. The molecule has 0 aliphatic rings. The summed E-state index contributed by atoms with van der Waals surface area (Å²) in [6, 6.07) is 16.6. The summed E-state index contributed by atoms with van der Waals surface area (Å²) in [5, 5.41) is 18.9. The van der Waals surface area contributed by atoms with E-state index in [1.54, 1.807) is 24.3 Å². The zero-order valence-corrected chi connectivity index (χ0v) is 20.1. The topological polar surface area (TPSA) is 131 Å². The Kier molecular flexibility index (Phi) is 8.34. The summed E-state index contributed by atoms with van der Waals surface area (Å²) in [5.74, 6) is 0.795. The van der Waals surface area contributed by atoms with Gasteiger partial charge in [-0.3, -0.25) is 10.1 Å². The molecular weight excluding hydrogens is 476 g/mol. The van der Waals surface area contributed by atoms with Crippen LogP contribution in [-0.4, -0.2) is 44.0 Å². The summed E-state index contributed by atoms with van der Waals surface area (Å²) < 4.78 is 34.2. The molecule has 0 aliphatic heterocycles. The summed E-state index contributed by atoms with van der Waals surface area (Å²) >= 11 is 0.710. The monoisotopic (exact) mass is 498 g/mol. The molecule has 0 fully saturated rings. The number of anilines is 1. The number of para-hydroxylation sites is 1. The van der Waals surface area contributed by atoms with Gasteiger partial charge in [0.25, 0.3) is 5.91 Å². The highest BCUT2D eigenvalue weighted by Crippen LogP contribution is 2.21. The Hall–Kier alpha value is -3.75. The first-order valence-electron chi connectivity index (χ1n) is 10.1. The van der Waals surface area contributed by atoms with Gasteiger partial charge in [0.15, 0.2) is 0 Å². The van der Waals surface area contributed by atoms with Gasteiger partial charge in [-0.1, -0.05) is 41.7 Å². The van der Waals surface area contributed by atoms with Gasteiger partial charge in [-0.05, 0) is 42.3 Å². The van der Waals surface area contributed by atoms with E-state index in [9.17, 15) is 18.5 Å². The fourth-order valence-corrected chi connectivity index (χ4v) is 4.20. The average molecular weight is 499 g/mol. The second-order valence-electron chi connectivity index (χ2n) is 7.15. The molecule has 1 N–H and O–H groups in total. The molecule has 0 atom stereocenters. The van der Waals surface area contributed by atoms with Gasteiger partial charge in [-0.2, -0.15) is 5.26 Å². The zero-order valence-electron chi connectivity index (χ0n) is 18.5. The summed E-state index contributed by atoms with van der Waals surface area (Å²) in [6.07, 6.45) is 3.11. The first-order valence-corrected chi connectivity index (χ1v) is 12.8. The van der Waals surface area contributed by atoms with Crippen LogP contribution in [0.3, 0.4) is 0 Å². The normalized spacial score (nSPS) is 11.5. The van der Waals surface area contributed by atoms with Crippen LogP contribution in [0.15, 0.2) is 58.4 Å². The third-order valence-electron chi connectivity index (χ3n) is 4.41. The second kappa shape index (κ2) is 11.4. The van der Waals surface area contributed by atoms with Gasteiger partial charge in [0.1, 0.15) is 23.1 Å². The number of hydrogen-bond donors (Lipinski definition) is 1. The maximum atomic E-state index is 12.4. The number of nitrogens with one attached hydrogen (secondary N) is 1. The number of aryl methyl sites for hydroxylation is 1. The minimum absolute atomic E-state index is 0.0123. The second-order valence-corrected chi connectivity index (χ2v) is 10.3. The van der Waals surface area contributed by atoms with Crippen molar-refractivity contribution in [3.63, 3.8) is 0 Å². The highest BCUT2D eigenvalue weighted by atomic mass is 32.2. The molecule has 0 radical (unpaired) electrons. The number of carbonyl (C=O) groups is 1. The number of benzene rings is 2. The lowest BCUT2D eigenvalue weighted by Gasteiger charge is -2.10. The van der Waals surface area contributed by atoms with E-state index in [4.69, 9.17) is 9.47 Å². The molecule has 0 bridgehead atoms. The maximum Gasteiger partial charge on any atom is 0.268 e. The Morgan fingerprint density at radius 2 is 1.82 bits per heavy atom. The predicted molar refractivity (Wildman–Crippen MR) is 128 cm³/mol. The molecule has 9 nitrogen and oxygen atoms in total. The van der Waals surface area contributed by atoms with Crippen molar-refractivity contribution in [1.29, 1.82) is 5.26 Å². The standard InChI is InChI=1S/C23H22N4O5S2/c1-16-6-3-4-7-20(16)32-13-5-12-31-19-10-8-17(9-11-19)14-18(15-24)21(28)25-22-26-27-23(33-22)34(2,29)30/h3-4,6-11,14H,5,12-13H2,1-2H3,(H,25,26,28)/b18-14-. The van der Waals surface area contributed by atoms with E-state index in [1.807, 2.05) is 37.3 Å². The van der Waals surface area contributed by atoms with Crippen molar-refractivity contribution in [2.45, 2.75) is 17.7 Å². The number of rotatable bonds is 10. The molecule has 0 saturated carbocycles. The molecule has 34 heavy (non-hydrogen) atoms. The van der Waals surface area contributed by atoms with Gasteiger partial charge in [0.2, 0.25) is 19.3 Å². The lowest BCUT2D eigenvalue weighted by atomic mass is 10.1. The number of hydrogen-bond acceptors (Lipinski definition) is 9. The Labute approximate surface area is 201 Å². The number of carbonyl (C=O) groups excluding carboxylic acids is 1. The van der Waals surface area contributed by atoms with Crippen LogP contribution in [0.25, 0.3) is 6.08 Å². The third-order valence-corrected chi connectivity index (χ3v) is 6.92. The van der Waals surface area contributed by atoms with Crippen LogP contribution in [0.5, 0.6) is 11.5 Å². The molecule has 11 heteroatoms. The van der Waals surface area contributed by atoms with Crippen LogP contribution in [0.4, 0.5) is 5.13 Å². The van der Waals surface area contributed by atoms with Gasteiger partial charge in [0, 0.05) is 12.7 Å². The largest absolute Gasteiger partial charge is 0.493 e. The van der Waals surface area contributed by atoms with E-state index >= 15 is 0 Å². The molecule has 3 aromatic rings. The highest BCUT2D eigenvalue weighted by molar-refractivity contribution is 7.92. The number of ether oxygens (including phenoxy) is 2. The molecular formula is C23H22N4O5S2. The fraction of sp³-hybridized carbons (Fsp3) is 0.217.